The lowest BCUT2D eigenvalue weighted by molar-refractivity contribution is -0.138. The van der Waals surface area contributed by atoms with Crippen LogP contribution < -0.4 is 10.2 Å². The van der Waals surface area contributed by atoms with E-state index < -0.39 is 11.7 Å². The van der Waals surface area contributed by atoms with Crippen LogP contribution in [0.2, 0.25) is 0 Å². The second-order valence-corrected chi connectivity index (χ2v) is 5.29. The van der Waals surface area contributed by atoms with E-state index in [0.717, 1.165) is 25.8 Å². The molecule has 2 nitrogen and oxygen atoms in total. The van der Waals surface area contributed by atoms with Gasteiger partial charge in [-0.1, -0.05) is 13.0 Å². The molecule has 1 aromatic rings. The highest BCUT2D eigenvalue weighted by molar-refractivity contribution is 5.53. The topological polar surface area (TPSA) is 15.3 Å². The Balaban J connectivity index is 2.34. The molecule has 20 heavy (non-hydrogen) atoms. The molecule has 0 spiro atoms. The summed E-state index contributed by atoms with van der Waals surface area (Å²) in [7, 11) is 1.65. The molecule has 0 amide bonds. The van der Waals surface area contributed by atoms with Crippen LogP contribution in [-0.4, -0.2) is 19.6 Å². The molecule has 0 bridgehead atoms. The van der Waals surface area contributed by atoms with Crippen LogP contribution in [0.15, 0.2) is 18.2 Å². The van der Waals surface area contributed by atoms with Crippen molar-refractivity contribution in [1.29, 1.82) is 0 Å². The molecule has 5 heteroatoms. The minimum absolute atomic E-state index is 0.229. The minimum Gasteiger partial charge on any atom is -0.369 e. The van der Waals surface area contributed by atoms with Gasteiger partial charge in [-0.25, -0.2) is 0 Å². The van der Waals surface area contributed by atoms with E-state index in [9.17, 15) is 13.2 Å². The van der Waals surface area contributed by atoms with Gasteiger partial charge in [0.25, 0.3) is 0 Å². The Bertz CT molecular complexity index is 453. The Morgan fingerprint density at radius 3 is 2.50 bits per heavy atom. The largest absolute Gasteiger partial charge is 0.416 e. The summed E-state index contributed by atoms with van der Waals surface area (Å²) in [6.45, 7) is 3.09. The first kappa shape index (κ1) is 15.2. The summed E-state index contributed by atoms with van der Waals surface area (Å²) < 4.78 is 39.5. The first-order valence-electron chi connectivity index (χ1n) is 7.08. The van der Waals surface area contributed by atoms with Gasteiger partial charge in [0, 0.05) is 24.8 Å². The summed E-state index contributed by atoms with van der Waals surface area (Å²) in [4.78, 5) is 2.11. The Hall–Kier alpha value is -1.23. The molecule has 112 valence electrons. The Labute approximate surface area is 118 Å². The normalized spacial score (nSPS) is 15.4. The molecule has 1 N–H and O–H groups in total. The molecule has 0 saturated heterocycles. The highest BCUT2D eigenvalue weighted by Crippen LogP contribution is 2.37. The summed E-state index contributed by atoms with van der Waals surface area (Å²) in [6, 6.07) is 5.14. The molecule has 1 fully saturated rings. The van der Waals surface area contributed by atoms with E-state index in [1.54, 1.807) is 13.1 Å². The molecule has 1 aromatic carbocycles. The molecule has 0 heterocycles. The molecule has 0 aliphatic heterocycles. The van der Waals surface area contributed by atoms with Gasteiger partial charge < -0.3 is 10.2 Å². The predicted molar refractivity (Wildman–Crippen MR) is 74.9 cm³/mol. The van der Waals surface area contributed by atoms with E-state index in [-0.39, 0.29) is 6.54 Å². The number of hydrogen-bond acceptors (Lipinski definition) is 2. The zero-order valence-corrected chi connectivity index (χ0v) is 11.9. The third-order valence-electron chi connectivity index (χ3n) is 3.55. The van der Waals surface area contributed by atoms with E-state index >= 15 is 0 Å². The Kier molecular flexibility index (Phi) is 4.58. The maximum Gasteiger partial charge on any atom is 0.416 e. The number of nitrogens with one attached hydrogen (secondary N) is 1. The maximum atomic E-state index is 13.2. The van der Waals surface area contributed by atoms with Gasteiger partial charge in [-0.15, -0.1) is 0 Å². The van der Waals surface area contributed by atoms with Gasteiger partial charge in [-0.2, -0.15) is 13.2 Å². The van der Waals surface area contributed by atoms with Crippen LogP contribution in [0.4, 0.5) is 18.9 Å². The number of rotatable bonds is 6. The second-order valence-electron chi connectivity index (χ2n) is 5.29. The molecule has 1 aliphatic carbocycles. The SMILES string of the molecule is CCCN(c1ccc(CNC)c(C(F)(F)F)c1)C1CC1. The van der Waals surface area contributed by atoms with Crippen LogP contribution in [-0.2, 0) is 12.7 Å². The van der Waals surface area contributed by atoms with E-state index in [0.29, 0.717) is 17.3 Å². The smallest absolute Gasteiger partial charge is 0.369 e. The first-order valence-corrected chi connectivity index (χ1v) is 7.08. The molecule has 0 radical (unpaired) electrons. The van der Waals surface area contributed by atoms with Gasteiger partial charge in [0.2, 0.25) is 0 Å². The quantitative estimate of drug-likeness (QED) is 0.855. The van der Waals surface area contributed by atoms with Crippen LogP contribution in [0.25, 0.3) is 0 Å². The van der Waals surface area contributed by atoms with Crippen LogP contribution in [0.1, 0.15) is 37.3 Å². The third kappa shape index (κ3) is 3.45. The van der Waals surface area contributed by atoms with Crippen LogP contribution >= 0.6 is 0 Å². The van der Waals surface area contributed by atoms with E-state index in [2.05, 4.69) is 17.1 Å². The van der Waals surface area contributed by atoms with Crippen molar-refractivity contribution in [2.75, 3.05) is 18.5 Å². The average molecular weight is 286 g/mol. The van der Waals surface area contributed by atoms with Crippen molar-refractivity contribution in [3.8, 4) is 0 Å². The Morgan fingerprint density at radius 2 is 2.00 bits per heavy atom. The lowest BCUT2D eigenvalue weighted by atomic mass is 10.0. The highest BCUT2D eigenvalue weighted by Gasteiger charge is 2.35. The molecule has 2 rings (SSSR count). The third-order valence-corrected chi connectivity index (χ3v) is 3.55. The summed E-state index contributed by atoms with van der Waals surface area (Å²) in [5, 5.41) is 2.79. The number of hydrogen-bond donors (Lipinski definition) is 1. The lowest BCUT2D eigenvalue weighted by Crippen LogP contribution is -2.27. The van der Waals surface area contributed by atoms with Gasteiger partial charge >= 0.3 is 6.18 Å². The molecular formula is C15H21F3N2. The second kappa shape index (κ2) is 6.04. The summed E-state index contributed by atoms with van der Waals surface area (Å²) in [5.41, 5.74) is 0.476. The van der Waals surface area contributed by atoms with Crippen LogP contribution in [0, 0.1) is 0 Å². The van der Waals surface area contributed by atoms with Crippen molar-refractivity contribution in [2.45, 2.75) is 44.9 Å². The van der Waals surface area contributed by atoms with Crippen molar-refractivity contribution in [3.05, 3.63) is 29.3 Å². The van der Waals surface area contributed by atoms with Crippen LogP contribution in [0.5, 0.6) is 0 Å². The predicted octanol–water partition coefficient (Wildman–Crippen LogP) is 3.80. The van der Waals surface area contributed by atoms with Crippen molar-refractivity contribution in [3.63, 3.8) is 0 Å². The fourth-order valence-corrected chi connectivity index (χ4v) is 2.50. The molecular weight excluding hydrogens is 265 g/mol. The van der Waals surface area contributed by atoms with Gasteiger partial charge in [-0.05, 0) is 44.0 Å². The zero-order chi connectivity index (χ0) is 14.8. The number of alkyl halides is 3. The number of halogens is 3. The van der Waals surface area contributed by atoms with Gasteiger partial charge in [0.05, 0.1) is 5.56 Å². The number of benzene rings is 1. The van der Waals surface area contributed by atoms with E-state index in [1.165, 1.54) is 6.07 Å². The molecule has 0 aromatic heterocycles. The van der Waals surface area contributed by atoms with Crippen molar-refractivity contribution >= 4 is 5.69 Å². The van der Waals surface area contributed by atoms with Crippen molar-refractivity contribution in [1.82, 2.24) is 5.32 Å². The number of nitrogens with zero attached hydrogens (tertiary/aromatic N) is 1. The van der Waals surface area contributed by atoms with Gasteiger partial charge in [0.1, 0.15) is 0 Å². The van der Waals surface area contributed by atoms with Crippen LogP contribution in [0.3, 0.4) is 0 Å². The van der Waals surface area contributed by atoms with Crippen molar-refractivity contribution < 1.29 is 13.2 Å². The van der Waals surface area contributed by atoms with E-state index in [4.69, 9.17) is 0 Å². The van der Waals surface area contributed by atoms with Crippen molar-refractivity contribution in [2.24, 2.45) is 0 Å². The summed E-state index contributed by atoms with van der Waals surface area (Å²) >= 11 is 0. The molecule has 0 atom stereocenters. The highest BCUT2D eigenvalue weighted by atomic mass is 19.4. The first-order chi connectivity index (χ1) is 9.47. The summed E-state index contributed by atoms with van der Waals surface area (Å²) in [6.07, 6.45) is -1.20. The summed E-state index contributed by atoms with van der Waals surface area (Å²) in [5.74, 6) is 0. The zero-order valence-electron chi connectivity index (χ0n) is 11.9. The lowest BCUT2D eigenvalue weighted by Gasteiger charge is -2.26. The fourth-order valence-electron chi connectivity index (χ4n) is 2.50. The van der Waals surface area contributed by atoms with Gasteiger partial charge in [0.15, 0.2) is 0 Å². The van der Waals surface area contributed by atoms with E-state index in [1.807, 2.05) is 6.07 Å². The van der Waals surface area contributed by atoms with Gasteiger partial charge in [-0.3, -0.25) is 0 Å². The average Bonchev–Trinajstić information content (AvgIpc) is 3.20. The maximum absolute atomic E-state index is 13.2. The minimum atomic E-state index is -4.30. The molecule has 0 unspecified atom stereocenters. The number of anilines is 1. The standard InChI is InChI=1S/C15H21F3N2/c1-3-8-20(12-6-7-12)13-5-4-11(10-19-2)14(9-13)15(16,17)18/h4-5,9,12,19H,3,6-8,10H2,1-2H3. The fraction of sp³-hybridized carbons (Fsp3) is 0.600. The molecule has 1 saturated carbocycles. The molecule has 1 aliphatic rings. The monoisotopic (exact) mass is 286 g/mol. The Morgan fingerprint density at radius 1 is 1.30 bits per heavy atom.